The fourth-order valence-electron chi connectivity index (χ4n) is 3.22. The smallest absolute Gasteiger partial charge is 0.123 e. The van der Waals surface area contributed by atoms with Crippen molar-refractivity contribution >= 4 is 0 Å². The van der Waals surface area contributed by atoms with Crippen molar-refractivity contribution in [1.29, 1.82) is 0 Å². The van der Waals surface area contributed by atoms with Crippen LogP contribution in [0.4, 0.5) is 4.39 Å². The summed E-state index contributed by atoms with van der Waals surface area (Å²) in [6, 6.07) is 6.98. The highest BCUT2D eigenvalue weighted by molar-refractivity contribution is 5.17. The highest BCUT2D eigenvalue weighted by atomic mass is 19.1. The zero-order chi connectivity index (χ0) is 14.2. The van der Waals surface area contributed by atoms with Gasteiger partial charge < -0.3 is 10.1 Å². The number of nitrogens with one attached hydrogen (secondary N) is 1. The van der Waals surface area contributed by atoms with Gasteiger partial charge in [-0.3, -0.25) is 0 Å². The van der Waals surface area contributed by atoms with E-state index in [2.05, 4.69) is 5.32 Å². The maximum absolute atomic E-state index is 13.0. The van der Waals surface area contributed by atoms with Crippen LogP contribution < -0.4 is 5.32 Å². The van der Waals surface area contributed by atoms with Gasteiger partial charge in [-0.25, -0.2) is 4.39 Å². The molecule has 1 unspecified atom stereocenters. The van der Waals surface area contributed by atoms with Crippen molar-refractivity contribution in [3.05, 3.63) is 35.6 Å². The minimum Gasteiger partial charge on any atom is -0.383 e. The van der Waals surface area contributed by atoms with E-state index in [9.17, 15) is 4.39 Å². The van der Waals surface area contributed by atoms with Gasteiger partial charge in [0.2, 0.25) is 0 Å². The van der Waals surface area contributed by atoms with Crippen LogP contribution in [0.1, 0.15) is 31.2 Å². The summed E-state index contributed by atoms with van der Waals surface area (Å²) in [5.41, 5.74) is 1.25. The summed E-state index contributed by atoms with van der Waals surface area (Å²) in [6.07, 6.45) is 6.46. The molecule has 0 amide bonds. The first-order chi connectivity index (χ1) is 9.79. The lowest BCUT2D eigenvalue weighted by Gasteiger charge is -2.24. The summed E-state index contributed by atoms with van der Waals surface area (Å²) in [5, 5.41) is 3.50. The number of rotatable bonds is 8. The maximum Gasteiger partial charge on any atom is 0.123 e. The van der Waals surface area contributed by atoms with Crippen LogP contribution in [-0.2, 0) is 11.2 Å². The normalized spacial score (nSPS) is 17.5. The Labute approximate surface area is 121 Å². The lowest BCUT2D eigenvalue weighted by atomic mass is 9.85. The number of hydrogen-bond acceptors (Lipinski definition) is 2. The van der Waals surface area contributed by atoms with E-state index in [4.69, 9.17) is 4.74 Å². The van der Waals surface area contributed by atoms with Gasteiger partial charge in [-0.1, -0.05) is 37.8 Å². The molecule has 0 aromatic heterocycles. The number of halogens is 1. The lowest BCUT2D eigenvalue weighted by Crippen LogP contribution is -2.31. The van der Waals surface area contributed by atoms with E-state index in [1.165, 1.54) is 31.2 Å². The Morgan fingerprint density at radius 2 is 1.95 bits per heavy atom. The van der Waals surface area contributed by atoms with E-state index in [1.54, 1.807) is 19.2 Å². The molecule has 0 aliphatic heterocycles. The van der Waals surface area contributed by atoms with Crippen molar-refractivity contribution in [2.24, 2.45) is 11.8 Å². The SMILES string of the molecule is COCCNCC(Cc1ccc(F)cc1)C1CCCC1. The summed E-state index contributed by atoms with van der Waals surface area (Å²) in [5.74, 6) is 1.32. The molecule has 1 aromatic carbocycles. The molecule has 0 bridgehead atoms. The molecule has 112 valence electrons. The van der Waals surface area contributed by atoms with E-state index in [0.29, 0.717) is 5.92 Å². The number of methoxy groups -OCH3 is 1. The molecule has 0 heterocycles. The number of ether oxygens (including phenoxy) is 1. The Morgan fingerprint density at radius 3 is 2.60 bits per heavy atom. The predicted octanol–water partition coefficient (Wildman–Crippen LogP) is 3.41. The van der Waals surface area contributed by atoms with Crippen LogP contribution in [0, 0.1) is 17.7 Å². The van der Waals surface area contributed by atoms with Gasteiger partial charge in [0.15, 0.2) is 0 Å². The molecule has 2 nitrogen and oxygen atoms in total. The second-order valence-corrected chi connectivity index (χ2v) is 5.83. The topological polar surface area (TPSA) is 21.3 Å². The predicted molar refractivity (Wildman–Crippen MR) is 80.3 cm³/mol. The lowest BCUT2D eigenvalue weighted by molar-refractivity contribution is 0.195. The van der Waals surface area contributed by atoms with Gasteiger partial charge in [0, 0.05) is 13.7 Å². The van der Waals surface area contributed by atoms with Crippen LogP contribution in [0.2, 0.25) is 0 Å². The van der Waals surface area contributed by atoms with Crippen molar-refractivity contribution < 1.29 is 9.13 Å². The molecule has 1 atom stereocenters. The van der Waals surface area contributed by atoms with Crippen molar-refractivity contribution in [2.75, 3.05) is 26.8 Å². The maximum atomic E-state index is 13.0. The first-order valence-electron chi connectivity index (χ1n) is 7.73. The summed E-state index contributed by atoms with van der Waals surface area (Å²) >= 11 is 0. The number of benzene rings is 1. The molecule has 2 rings (SSSR count). The van der Waals surface area contributed by atoms with Gasteiger partial charge in [-0.2, -0.15) is 0 Å². The van der Waals surface area contributed by atoms with Crippen LogP contribution in [0.25, 0.3) is 0 Å². The Bertz CT molecular complexity index is 373. The van der Waals surface area contributed by atoms with Crippen LogP contribution in [0.15, 0.2) is 24.3 Å². The molecule has 1 aromatic rings. The van der Waals surface area contributed by atoms with Crippen molar-refractivity contribution in [3.8, 4) is 0 Å². The third kappa shape index (κ3) is 4.88. The van der Waals surface area contributed by atoms with E-state index < -0.39 is 0 Å². The van der Waals surface area contributed by atoms with Gasteiger partial charge >= 0.3 is 0 Å². The molecule has 20 heavy (non-hydrogen) atoms. The fraction of sp³-hybridized carbons (Fsp3) is 0.647. The molecule has 1 saturated carbocycles. The van der Waals surface area contributed by atoms with Gasteiger partial charge in [-0.05, 0) is 42.5 Å². The van der Waals surface area contributed by atoms with Crippen LogP contribution >= 0.6 is 0 Å². The Hall–Kier alpha value is -0.930. The highest BCUT2D eigenvalue weighted by Gasteiger charge is 2.24. The summed E-state index contributed by atoms with van der Waals surface area (Å²) in [6.45, 7) is 2.70. The first-order valence-corrected chi connectivity index (χ1v) is 7.73. The minimum absolute atomic E-state index is 0.149. The standard InChI is InChI=1S/C17H26FNO/c1-20-11-10-19-13-16(15-4-2-3-5-15)12-14-6-8-17(18)9-7-14/h6-9,15-16,19H,2-5,10-13H2,1H3. The van der Waals surface area contributed by atoms with Crippen LogP contribution in [0.5, 0.6) is 0 Å². The molecular weight excluding hydrogens is 253 g/mol. The number of hydrogen-bond donors (Lipinski definition) is 1. The average molecular weight is 279 g/mol. The van der Waals surface area contributed by atoms with Crippen molar-refractivity contribution in [1.82, 2.24) is 5.32 Å². The highest BCUT2D eigenvalue weighted by Crippen LogP contribution is 2.33. The molecule has 0 radical (unpaired) electrons. The van der Waals surface area contributed by atoms with Crippen molar-refractivity contribution in [3.63, 3.8) is 0 Å². The third-order valence-corrected chi connectivity index (χ3v) is 4.37. The first kappa shape index (κ1) is 15.5. The van der Waals surface area contributed by atoms with Gasteiger partial charge in [-0.15, -0.1) is 0 Å². The summed E-state index contributed by atoms with van der Waals surface area (Å²) in [7, 11) is 1.73. The van der Waals surface area contributed by atoms with E-state index >= 15 is 0 Å². The molecule has 0 saturated heterocycles. The van der Waals surface area contributed by atoms with Crippen molar-refractivity contribution in [2.45, 2.75) is 32.1 Å². The van der Waals surface area contributed by atoms with E-state index in [-0.39, 0.29) is 5.82 Å². The second kappa shape index (κ2) is 8.38. The van der Waals surface area contributed by atoms with Crippen LogP contribution in [-0.4, -0.2) is 26.8 Å². The van der Waals surface area contributed by atoms with E-state index in [1.807, 2.05) is 12.1 Å². The minimum atomic E-state index is -0.149. The Balaban J connectivity index is 1.89. The zero-order valence-electron chi connectivity index (χ0n) is 12.4. The molecule has 3 heteroatoms. The molecular formula is C17H26FNO. The second-order valence-electron chi connectivity index (χ2n) is 5.83. The van der Waals surface area contributed by atoms with Gasteiger partial charge in [0.1, 0.15) is 5.82 Å². The van der Waals surface area contributed by atoms with Crippen LogP contribution in [0.3, 0.4) is 0 Å². The average Bonchev–Trinajstić information content (AvgIpc) is 2.98. The largest absolute Gasteiger partial charge is 0.383 e. The van der Waals surface area contributed by atoms with Gasteiger partial charge in [0.05, 0.1) is 6.61 Å². The fourth-order valence-corrected chi connectivity index (χ4v) is 3.22. The summed E-state index contributed by atoms with van der Waals surface area (Å²) in [4.78, 5) is 0. The summed E-state index contributed by atoms with van der Waals surface area (Å²) < 4.78 is 18.1. The zero-order valence-corrected chi connectivity index (χ0v) is 12.4. The molecule has 1 aliphatic carbocycles. The van der Waals surface area contributed by atoms with E-state index in [0.717, 1.165) is 32.0 Å². The molecule has 1 N–H and O–H groups in total. The molecule has 1 aliphatic rings. The third-order valence-electron chi connectivity index (χ3n) is 4.37. The Kier molecular flexibility index (Phi) is 6.48. The Morgan fingerprint density at radius 1 is 1.25 bits per heavy atom. The monoisotopic (exact) mass is 279 g/mol. The quantitative estimate of drug-likeness (QED) is 0.736. The molecule has 0 spiro atoms. The van der Waals surface area contributed by atoms with Gasteiger partial charge in [0.25, 0.3) is 0 Å². The molecule has 1 fully saturated rings.